The first kappa shape index (κ1) is 23.8. The van der Waals surface area contributed by atoms with E-state index in [2.05, 4.69) is 28.1 Å². The number of piperazine rings is 1. The first-order valence-corrected chi connectivity index (χ1v) is 11.6. The highest BCUT2D eigenvalue weighted by molar-refractivity contribution is 8.00. The number of hydrogen-bond donors (Lipinski definition) is 0. The largest absolute Gasteiger partial charge is 0.462 e. The number of carbonyl (C=O) groups is 2. The van der Waals surface area contributed by atoms with Crippen molar-refractivity contribution >= 4 is 23.6 Å². The van der Waals surface area contributed by atoms with E-state index in [1.807, 2.05) is 30.0 Å². The van der Waals surface area contributed by atoms with Gasteiger partial charge in [0, 0.05) is 32.7 Å². The molecule has 1 aliphatic heterocycles. The molecule has 8 heteroatoms. The quantitative estimate of drug-likeness (QED) is 0.471. The maximum absolute atomic E-state index is 13.0. The van der Waals surface area contributed by atoms with Crippen molar-refractivity contribution in [3.05, 3.63) is 58.8 Å². The van der Waals surface area contributed by atoms with Gasteiger partial charge in [-0.3, -0.25) is 9.69 Å². The highest BCUT2D eigenvalue weighted by Gasteiger charge is 2.27. The molecule has 1 saturated heterocycles. The number of aromatic nitrogens is 1. The molecular weight excluding hydrogens is 424 g/mol. The zero-order valence-electron chi connectivity index (χ0n) is 18.7. The smallest absolute Gasteiger partial charge is 0.340 e. The van der Waals surface area contributed by atoms with E-state index in [0.29, 0.717) is 23.8 Å². The fraction of sp³-hybridized carbons (Fsp3) is 0.417. The molecule has 7 nitrogen and oxygen atoms in total. The number of hydrogen-bond acceptors (Lipinski definition) is 7. The van der Waals surface area contributed by atoms with Crippen molar-refractivity contribution in [1.82, 2.24) is 14.8 Å². The van der Waals surface area contributed by atoms with Crippen LogP contribution >= 0.6 is 11.8 Å². The number of nitriles is 1. The topological polar surface area (TPSA) is 86.5 Å². The molecule has 1 fully saturated rings. The summed E-state index contributed by atoms with van der Waals surface area (Å²) in [4.78, 5) is 33.8. The molecule has 0 radical (unpaired) electrons. The predicted molar refractivity (Wildman–Crippen MR) is 123 cm³/mol. The van der Waals surface area contributed by atoms with Gasteiger partial charge in [-0.1, -0.05) is 42.1 Å². The van der Waals surface area contributed by atoms with E-state index in [-0.39, 0.29) is 28.9 Å². The molecule has 1 aromatic heterocycles. The van der Waals surface area contributed by atoms with Gasteiger partial charge in [-0.25, -0.2) is 9.78 Å². The number of nitrogens with zero attached hydrogens (tertiary/aromatic N) is 4. The Kier molecular flexibility index (Phi) is 8.26. The van der Waals surface area contributed by atoms with Crippen LogP contribution in [0, 0.1) is 18.3 Å². The average Bonchev–Trinajstić information content (AvgIpc) is 2.80. The van der Waals surface area contributed by atoms with E-state index < -0.39 is 5.97 Å². The first-order valence-electron chi connectivity index (χ1n) is 10.7. The van der Waals surface area contributed by atoms with E-state index >= 15 is 0 Å². The Morgan fingerprint density at radius 1 is 1.22 bits per heavy atom. The number of esters is 1. The third-order valence-electron chi connectivity index (χ3n) is 5.36. The lowest BCUT2D eigenvalue weighted by Crippen LogP contribution is -2.50. The molecule has 0 aliphatic carbocycles. The summed E-state index contributed by atoms with van der Waals surface area (Å²) in [6, 6.07) is 13.9. The monoisotopic (exact) mass is 452 g/mol. The van der Waals surface area contributed by atoms with Gasteiger partial charge in [0.05, 0.1) is 28.7 Å². The minimum Gasteiger partial charge on any atom is -0.462 e. The normalized spacial score (nSPS) is 15.1. The predicted octanol–water partition coefficient (Wildman–Crippen LogP) is 3.26. The van der Waals surface area contributed by atoms with Gasteiger partial charge < -0.3 is 9.64 Å². The van der Waals surface area contributed by atoms with Crippen molar-refractivity contribution in [1.29, 1.82) is 5.26 Å². The maximum Gasteiger partial charge on any atom is 0.340 e. The van der Waals surface area contributed by atoms with Gasteiger partial charge in [0.15, 0.2) is 0 Å². The number of carbonyl (C=O) groups excluding carboxylic acids is 2. The highest BCUT2D eigenvalue weighted by atomic mass is 32.2. The summed E-state index contributed by atoms with van der Waals surface area (Å²) in [6.07, 6.45) is 0. The van der Waals surface area contributed by atoms with Crippen LogP contribution in [0.15, 0.2) is 41.4 Å². The molecule has 1 aromatic carbocycles. The zero-order valence-corrected chi connectivity index (χ0v) is 19.5. The number of aryl methyl sites for hydroxylation is 1. The summed E-state index contributed by atoms with van der Waals surface area (Å²) in [5.74, 6) is -0.463. The first-order chi connectivity index (χ1) is 15.4. The molecule has 168 valence electrons. The Bertz CT molecular complexity index is 998. The van der Waals surface area contributed by atoms with Crippen molar-refractivity contribution in [3.63, 3.8) is 0 Å². The van der Waals surface area contributed by atoms with Crippen LogP contribution in [-0.4, -0.2) is 64.7 Å². The van der Waals surface area contributed by atoms with E-state index in [1.165, 1.54) is 23.4 Å². The summed E-state index contributed by atoms with van der Waals surface area (Å²) in [6.45, 7) is 9.41. The van der Waals surface area contributed by atoms with Crippen molar-refractivity contribution in [2.24, 2.45) is 0 Å². The van der Waals surface area contributed by atoms with Gasteiger partial charge in [-0.2, -0.15) is 5.26 Å². The van der Waals surface area contributed by atoms with Crippen molar-refractivity contribution < 1.29 is 14.3 Å². The highest BCUT2D eigenvalue weighted by Crippen LogP contribution is 2.28. The SMILES string of the molecule is CCOC(=O)c1cc(C#N)c(SC(C)C(=O)N2CCN(Cc3ccccc3)CC2)nc1C. The molecule has 2 heterocycles. The number of amides is 1. The average molecular weight is 453 g/mol. The Morgan fingerprint density at radius 3 is 2.53 bits per heavy atom. The van der Waals surface area contributed by atoms with Gasteiger partial charge in [0.25, 0.3) is 0 Å². The van der Waals surface area contributed by atoms with Crippen LogP contribution < -0.4 is 0 Å². The standard InChI is InChI=1S/C24H28N4O3S/c1-4-31-24(30)21-14-20(15-25)22(26-17(21)2)32-18(3)23(29)28-12-10-27(11-13-28)16-19-8-6-5-7-9-19/h5-9,14,18H,4,10-13,16H2,1-3H3. The van der Waals surface area contributed by atoms with Crippen LogP contribution in [0.1, 0.15) is 41.0 Å². The Balaban J connectivity index is 1.60. The Morgan fingerprint density at radius 2 is 1.91 bits per heavy atom. The number of rotatable bonds is 7. The van der Waals surface area contributed by atoms with Crippen LogP contribution in [0.3, 0.4) is 0 Å². The van der Waals surface area contributed by atoms with Crippen LogP contribution in [-0.2, 0) is 16.1 Å². The Labute approximate surface area is 193 Å². The van der Waals surface area contributed by atoms with Crippen molar-refractivity contribution in [2.75, 3.05) is 32.8 Å². The van der Waals surface area contributed by atoms with E-state index in [4.69, 9.17) is 4.74 Å². The lowest BCUT2D eigenvalue weighted by Gasteiger charge is -2.35. The summed E-state index contributed by atoms with van der Waals surface area (Å²) < 4.78 is 5.03. The maximum atomic E-state index is 13.0. The van der Waals surface area contributed by atoms with Gasteiger partial charge in [0.2, 0.25) is 5.91 Å². The molecule has 0 N–H and O–H groups in total. The molecule has 32 heavy (non-hydrogen) atoms. The van der Waals surface area contributed by atoms with Crippen molar-refractivity contribution in [3.8, 4) is 6.07 Å². The summed E-state index contributed by atoms with van der Waals surface area (Å²) in [5.41, 5.74) is 2.31. The minimum atomic E-state index is -0.497. The molecule has 0 spiro atoms. The molecule has 0 bridgehead atoms. The minimum absolute atomic E-state index is 0.0344. The van der Waals surface area contributed by atoms with Gasteiger partial charge >= 0.3 is 5.97 Å². The molecule has 1 aliphatic rings. The second-order valence-corrected chi connectivity index (χ2v) is 8.98. The lowest BCUT2D eigenvalue weighted by molar-refractivity contribution is -0.132. The number of pyridine rings is 1. The Hall–Kier alpha value is -2.89. The van der Waals surface area contributed by atoms with Crippen LogP contribution in [0.5, 0.6) is 0 Å². The zero-order chi connectivity index (χ0) is 23.1. The second-order valence-electron chi connectivity index (χ2n) is 7.65. The third kappa shape index (κ3) is 5.87. The molecule has 0 saturated carbocycles. The van der Waals surface area contributed by atoms with Crippen LogP contribution in [0.25, 0.3) is 0 Å². The molecular formula is C24H28N4O3S. The fourth-order valence-electron chi connectivity index (χ4n) is 3.61. The van der Waals surface area contributed by atoms with Gasteiger partial charge in [-0.05, 0) is 32.4 Å². The third-order valence-corrected chi connectivity index (χ3v) is 6.45. The number of ether oxygens (including phenoxy) is 1. The van der Waals surface area contributed by atoms with Crippen LogP contribution in [0.2, 0.25) is 0 Å². The second kappa shape index (κ2) is 11.1. The summed E-state index contributed by atoms with van der Waals surface area (Å²) >= 11 is 1.26. The number of thioether (sulfide) groups is 1. The van der Waals surface area contributed by atoms with E-state index in [1.54, 1.807) is 13.8 Å². The molecule has 2 aromatic rings. The van der Waals surface area contributed by atoms with Crippen LogP contribution in [0.4, 0.5) is 0 Å². The molecule has 1 amide bonds. The molecule has 3 rings (SSSR count). The number of benzene rings is 1. The van der Waals surface area contributed by atoms with E-state index in [0.717, 1.165) is 19.6 Å². The van der Waals surface area contributed by atoms with Gasteiger partial charge in [0.1, 0.15) is 11.1 Å². The summed E-state index contributed by atoms with van der Waals surface area (Å²) in [7, 11) is 0. The van der Waals surface area contributed by atoms with Gasteiger partial charge in [-0.15, -0.1) is 0 Å². The molecule has 1 atom stereocenters. The van der Waals surface area contributed by atoms with E-state index in [9.17, 15) is 14.9 Å². The summed E-state index contributed by atoms with van der Waals surface area (Å²) in [5, 5.41) is 9.61. The molecule has 1 unspecified atom stereocenters. The fourth-order valence-corrected chi connectivity index (χ4v) is 4.62. The lowest BCUT2D eigenvalue weighted by atomic mass is 10.1. The van der Waals surface area contributed by atoms with Crippen molar-refractivity contribution in [2.45, 2.75) is 37.6 Å².